The number of methoxy groups -OCH3 is 1. The molecule has 2 heterocycles. The maximum Gasteiger partial charge on any atom is 0.310 e. The topological polar surface area (TPSA) is 82.8 Å². The van der Waals surface area contributed by atoms with Crippen LogP contribution in [0.3, 0.4) is 0 Å². The molecule has 0 N–H and O–H groups in total. The zero-order valence-electron chi connectivity index (χ0n) is 16.9. The van der Waals surface area contributed by atoms with Crippen molar-refractivity contribution in [3.63, 3.8) is 0 Å². The van der Waals surface area contributed by atoms with E-state index < -0.39 is 16.9 Å². The van der Waals surface area contributed by atoms with Crippen LogP contribution in [0.4, 0.5) is 0 Å². The summed E-state index contributed by atoms with van der Waals surface area (Å²) in [7, 11) is 1.40. The van der Waals surface area contributed by atoms with E-state index in [9.17, 15) is 14.4 Å². The molecule has 4 rings (SSSR count). The highest BCUT2D eigenvalue weighted by molar-refractivity contribution is 5.90. The number of esters is 2. The predicted molar refractivity (Wildman–Crippen MR) is 98.9 cm³/mol. The van der Waals surface area contributed by atoms with Crippen LogP contribution in [-0.4, -0.2) is 24.8 Å². The van der Waals surface area contributed by atoms with Crippen molar-refractivity contribution in [2.24, 2.45) is 34.5 Å². The minimum atomic E-state index is -0.567. The zero-order valence-corrected chi connectivity index (χ0v) is 16.9. The van der Waals surface area contributed by atoms with Crippen molar-refractivity contribution < 1.29 is 28.3 Å². The van der Waals surface area contributed by atoms with Crippen LogP contribution in [0.1, 0.15) is 58.1 Å². The summed E-state index contributed by atoms with van der Waals surface area (Å²) in [4.78, 5) is 39.0. The van der Waals surface area contributed by atoms with Gasteiger partial charge in [0.25, 0.3) is 0 Å². The maximum atomic E-state index is 13.5. The molecule has 152 valence electrons. The van der Waals surface area contributed by atoms with Crippen molar-refractivity contribution in [1.82, 2.24) is 0 Å². The van der Waals surface area contributed by atoms with Gasteiger partial charge < -0.3 is 13.9 Å². The summed E-state index contributed by atoms with van der Waals surface area (Å²) >= 11 is 0. The van der Waals surface area contributed by atoms with Gasteiger partial charge in [-0.1, -0.05) is 20.8 Å². The molecule has 1 aromatic heterocycles. The number of Topliss-reactive ketones (excluding diaryl/α,β-unsaturated/α-hetero) is 1. The van der Waals surface area contributed by atoms with Crippen LogP contribution >= 0.6 is 0 Å². The molecular weight excluding hydrogens is 360 g/mol. The minimum absolute atomic E-state index is 0.162. The third-order valence-corrected chi connectivity index (χ3v) is 7.81. The first-order chi connectivity index (χ1) is 13.2. The van der Waals surface area contributed by atoms with Crippen molar-refractivity contribution in [2.75, 3.05) is 7.11 Å². The second kappa shape index (κ2) is 6.46. The molecule has 2 unspecified atom stereocenters. The fourth-order valence-corrected chi connectivity index (χ4v) is 6.40. The first kappa shape index (κ1) is 19.2. The molecule has 0 aromatic carbocycles. The Bertz CT molecular complexity index is 798. The minimum Gasteiger partial charge on any atom is -0.472 e. The molecule has 1 aliphatic heterocycles. The Kier molecular flexibility index (Phi) is 4.43. The number of ether oxygens (including phenoxy) is 2. The van der Waals surface area contributed by atoms with Crippen molar-refractivity contribution >= 4 is 17.7 Å². The van der Waals surface area contributed by atoms with Gasteiger partial charge in [0, 0.05) is 17.4 Å². The van der Waals surface area contributed by atoms with Gasteiger partial charge in [0.05, 0.1) is 31.5 Å². The van der Waals surface area contributed by atoms with Gasteiger partial charge in [0.2, 0.25) is 0 Å². The second-order valence-corrected chi connectivity index (χ2v) is 9.34. The molecule has 7 atom stereocenters. The van der Waals surface area contributed by atoms with Gasteiger partial charge in [-0.2, -0.15) is 0 Å². The summed E-state index contributed by atoms with van der Waals surface area (Å²) in [5, 5.41) is 0. The normalized spacial score (nSPS) is 42.9. The average molecular weight is 388 g/mol. The number of carbonyl (C=O) groups is 3. The van der Waals surface area contributed by atoms with E-state index in [-0.39, 0.29) is 41.4 Å². The smallest absolute Gasteiger partial charge is 0.310 e. The Labute approximate surface area is 164 Å². The lowest BCUT2D eigenvalue weighted by Gasteiger charge is -2.61. The molecule has 0 bridgehead atoms. The Morgan fingerprint density at radius 3 is 2.64 bits per heavy atom. The molecule has 3 fully saturated rings. The van der Waals surface area contributed by atoms with Crippen LogP contribution in [0, 0.1) is 34.5 Å². The largest absolute Gasteiger partial charge is 0.472 e. The van der Waals surface area contributed by atoms with Gasteiger partial charge in [-0.25, -0.2) is 0 Å². The fraction of sp³-hybridized carbons (Fsp3) is 0.682. The standard InChI is InChI=1S/C22H28O6/c1-12-9-15(19(24)26-4)21(2)7-5-14-20(25)28-16(13-6-8-27-11-13)10-22(14,3)18(21)17(12)23/h6,8,11-12,14-16,18H,5,7,9-10H2,1-4H3/t12?,14?,15-,16+,18-,21-,22-/m0/s1. The van der Waals surface area contributed by atoms with Gasteiger partial charge in [-0.3, -0.25) is 14.4 Å². The molecule has 1 saturated heterocycles. The number of furan rings is 1. The highest BCUT2D eigenvalue weighted by Crippen LogP contribution is 2.65. The number of hydrogen-bond donors (Lipinski definition) is 0. The van der Waals surface area contributed by atoms with E-state index in [1.165, 1.54) is 7.11 Å². The van der Waals surface area contributed by atoms with Crippen molar-refractivity contribution in [3.8, 4) is 0 Å². The molecule has 28 heavy (non-hydrogen) atoms. The average Bonchev–Trinajstić information content (AvgIpc) is 3.18. The lowest BCUT2D eigenvalue weighted by molar-refractivity contribution is -0.204. The van der Waals surface area contributed by atoms with Gasteiger partial charge in [-0.05, 0) is 42.6 Å². The number of fused-ring (bicyclic) bond motifs is 3. The monoisotopic (exact) mass is 388 g/mol. The number of cyclic esters (lactones) is 1. The quantitative estimate of drug-likeness (QED) is 0.719. The molecule has 2 saturated carbocycles. The number of carbonyl (C=O) groups excluding carboxylic acids is 3. The summed E-state index contributed by atoms with van der Waals surface area (Å²) < 4.78 is 16.0. The zero-order chi connectivity index (χ0) is 20.3. The summed E-state index contributed by atoms with van der Waals surface area (Å²) in [5.41, 5.74) is -0.274. The van der Waals surface area contributed by atoms with E-state index in [1.807, 2.05) is 20.8 Å². The Balaban J connectivity index is 1.79. The molecule has 3 aliphatic rings. The number of hydrogen-bond acceptors (Lipinski definition) is 6. The molecule has 2 aliphatic carbocycles. The van der Waals surface area contributed by atoms with Crippen LogP contribution in [0.15, 0.2) is 23.0 Å². The Morgan fingerprint density at radius 2 is 2.00 bits per heavy atom. The highest BCUT2D eigenvalue weighted by Gasteiger charge is 2.66. The Morgan fingerprint density at radius 1 is 1.25 bits per heavy atom. The third kappa shape index (κ3) is 2.56. The molecular formula is C22H28O6. The first-order valence-corrected chi connectivity index (χ1v) is 10.1. The highest BCUT2D eigenvalue weighted by atomic mass is 16.5. The lowest BCUT2D eigenvalue weighted by Crippen LogP contribution is -2.63. The number of rotatable bonds is 2. The molecule has 1 aromatic rings. The van der Waals surface area contributed by atoms with Gasteiger partial charge in [-0.15, -0.1) is 0 Å². The van der Waals surface area contributed by atoms with Gasteiger partial charge in [0.15, 0.2) is 0 Å². The SMILES string of the molecule is COC(=O)[C@@H]1CC(C)C(=O)[C@H]2[C@@]1(C)CCC1C(=O)O[C@@H](c3ccoc3)C[C@@]12C. The van der Waals surface area contributed by atoms with E-state index in [0.717, 1.165) is 5.56 Å². The van der Waals surface area contributed by atoms with Crippen molar-refractivity contribution in [2.45, 2.75) is 52.6 Å². The first-order valence-electron chi connectivity index (χ1n) is 10.1. The van der Waals surface area contributed by atoms with E-state index in [2.05, 4.69) is 0 Å². The Hall–Kier alpha value is -2.11. The van der Waals surface area contributed by atoms with E-state index in [4.69, 9.17) is 13.9 Å². The van der Waals surface area contributed by atoms with Crippen molar-refractivity contribution in [3.05, 3.63) is 24.2 Å². The van der Waals surface area contributed by atoms with E-state index in [0.29, 0.717) is 25.7 Å². The molecule has 0 spiro atoms. The molecule has 0 amide bonds. The lowest BCUT2D eigenvalue weighted by atomic mass is 9.42. The van der Waals surface area contributed by atoms with Crippen LogP contribution in [0.5, 0.6) is 0 Å². The molecule has 0 radical (unpaired) electrons. The van der Waals surface area contributed by atoms with E-state index in [1.54, 1.807) is 18.6 Å². The van der Waals surface area contributed by atoms with Crippen LogP contribution in [0.2, 0.25) is 0 Å². The summed E-state index contributed by atoms with van der Waals surface area (Å²) in [6.45, 7) is 5.97. The summed E-state index contributed by atoms with van der Waals surface area (Å²) in [5.74, 6) is -1.62. The summed E-state index contributed by atoms with van der Waals surface area (Å²) in [6, 6.07) is 1.80. The fourth-order valence-electron chi connectivity index (χ4n) is 6.40. The van der Waals surface area contributed by atoms with Crippen LogP contribution in [0.25, 0.3) is 0 Å². The van der Waals surface area contributed by atoms with E-state index >= 15 is 0 Å². The van der Waals surface area contributed by atoms with Gasteiger partial charge >= 0.3 is 11.9 Å². The molecule has 6 nitrogen and oxygen atoms in total. The molecule has 6 heteroatoms. The van der Waals surface area contributed by atoms with Gasteiger partial charge in [0.1, 0.15) is 11.9 Å². The van der Waals surface area contributed by atoms with Crippen LogP contribution < -0.4 is 0 Å². The predicted octanol–water partition coefficient (Wildman–Crippen LogP) is 3.70. The van der Waals surface area contributed by atoms with Crippen LogP contribution in [-0.2, 0) is 23.9 Å². The maximum absolute atomic E-state index is 13.5. The number of ketones is 1. The summed E-state index contributed by atoms with van der Waals surface area (Å²) in [6.07, 6.45) is 5.04. The van der Waals surface area contributed by atoms with Crippen molar-refractivity contribution in [1.29, 1.82) is 0 Å². The second-order valence-electron chi connectivity index (χ2n) is 9.34. The third-order valence-electron chi connectivity index (χ3n) is 7.81.